The summed E-state index contributed by atoms with van der Waals surface area (Å²) >= 11 is 2.77. The number of carboxylic acids is 1. The summed E-state index contributed by atoms with van der Waals surface area (Å²) in [6.07, 6.45) is 3.46. The van der Waals surface area contributed by atoms with E-state index in [1.54, 1.807) is 29.5 Å². The molecule has 0 aromatic carbocycles. The van der Waals surface area contributed by atoms with Gasteiger partial charge in [0.2, 0.25) is 5.01 Å². The third kappa shape index (κ3) is 2.80. The van der Waals surface area contributed by atoms with Gasteiger partial charge in [-0.05, 0) is 12.1 Å². The number of carboxylic acid groups (broad SMARTS) is 1. The molecule has 2 aromatic rings. The van der Waals surface area contributed by atoms with Gasteiger partial charge >= 0.3 is 5.97 Å². The summed E-state index contributed by atoms with van der Waals surface area (Å²) in [5, 5.41) is 10.6. The van der Waals surface area contributed by atoms with Gasteiger partial charge in [-0.25, -0.2) is 9.78 Å². The standard InChI is InChI=1S/C10H8N2O2S2/c13-10(14)9-12-7(6-16-9)5-15-8-1-3-11-4-2-8/h1-4,6H,5H2,(H,13,14). The highest BCUT2D eigenvalue weighted by atomic mass is 32.2. The van der Waals surface area contributed by atoms with Gasteiger partial charge in [0.05, 0.1) is 5.69 Å². The first kappa shape index (κ1) is 11.1. The highest BCUT2D eigenvalue weighted by molar-refractivity contribution is 7.98. The van der Waals surface area contributed by atoms with E-state index in [2.05, 4.69) is 9.97 Å². The molecule has 0 saturated carbocycles. The van der Waals surface area contributed by atoms with Crippen molar-refractivity contribution in [1.82, 2.24) is 9.97 Å². The van der Waals surface area contributed by atoms with E-state index in [9.17, 15) is 4.79 Å². The first-order chi connectivity index (χ1) is 7.75. The molecule has 0 bridgehead atoms. The van der Waals surface area contributed by atoms with Gasteiger partial charge in [-0.2, -0.15) is 0 Å². The van der Waals surface area contributed by atoms with Crippen LogP contribution in [0.5, 0.6) is 0 Å². The summed E-state index contributed by atoms with van der Waals surface area (Å²) in [4.78, 5) is 19.6. The Morgan fingerprint density at radius 1 is 1.44 bits per heavy atom. The van der Waals surface area contributed by atoms with E-state index in [4.69, 9.17) is 5.11 Å². The topological polar surface area (TPSA) is 63.1 Å². The lowest BCUT2D eigenvalue weighted by molar-refractivity contribution is 0.0696. The van der Waals surface area contributed by atoms with Gasteiger partial charge in [-0.15, -0.1) is 23.1 Å². The lowest BCUT2D eigenvalue weighted by Crippen LogP contribution is -1.94. The third-order valence-electron chi connectivity index (χ3n) is 1.77. The zero-order valence-corrected chi connectivity index (χ0v) is 9.79. The van der Waals surface area contributed by atoms with Crippen LogP contribution in [0.25, 0.3) is 0 Å². The SMILES string of the molecule is O=C(O)c1nc(CSc2ccncc2)cs1. The van der Waals surface area contributed by atoms with Crippen molar-refractivity contribution < 1.29 is 9.90 Å². The lowest BCUT2D eigenvalue weighted by atomic mass is 10.5. The summed E-state index contributed by atoms with van der Waals surface area (Å²) in [6.45, 7) is 0. The summed E-state index contributed by atoms with van der Waals surface area (Å²) in [6, 6.07) is 3.82. The Labute approximate surface area is 100 Å². The van der Waals surface area contributed by atoms with Gasteiger partial charge in [-0.1, -0.05) is 0 Å². The highest BCUT2D eigenvalue weighted by Crippen LogP contribution is 2.22. The fraction of sp³-hybridized carbons (Fsp3) is 0.100. The van der Waals surface area contributed by atoms with E-state index in [-0.39, 0.29) is 5.01 Å². The molecule has 0 fully saturated rings. The van der Waals surface area contributed by atoms with Crippen LogP contribution in [0.3, 0.4) is 0 Å². The smallest absolute Gasteiger partial charge is 0.365 e. The van der Waals surface area contributed by atoms with Crippen molar-refractivity contribution in [3.63, 3.8) is 0 Å². The Kier molecular flexibility index (Phi) is 3.53. The number of thioether (sulfide) groups is 1. The van der Waals surface area contributed by atoms with Gasteiger partial charge in [0.1, 0.15) is 0 Å². The van der Waals surface area contributed by atoms with Gasteiger partial charge in [-0.3, -0.25) is 4.98 Å². The molecule has 0 aliphatic carbocycles. The normalized spacial score (nSPS) is 10.2. The molecule has 6 heteroatoms. The number of rotatable bonds is 4. The Morgan fingerprint density at radius 3 is 2.81 bits per heavy atom. The molecule has 0 atom stereocenters. The van der Waals surface area contributed by atoms with Crippen LogP contribution in [-0.4, -0.2) is 21.0 Å². The molecule has 0 amide bonds. The number of nitrogens with zero attached hydrogens (tertiary/aromatic N) is 2. The number of aromatic nitrogens is 2. The van der Waals surface area contributed by atoms with E-state index >= 15 is 0 Å². The number of aromatic carboxylic acids is 1. The molecule has 1 N–H and O–H groups in total. The third-order valence-corrected chi connectivity index (χ3v) is 3.70. The quantitative estimate of drug-likeness (QED) is 0.847. The Hall–Kier alpha value is -1.40. The van der Waals surface area contributed by atoms with Gasteiger partial charge in [0.25, 0.3) is 0 Å². The van der Waals surface area contributed by atoms with Gasteiger partial charge in [0.15, 0.2) is 0 Å². The average molecular weight is 252 g/mol. The molecule has 0 aliphatic heterocycles. The number of thiazole rings is 1. The van der Waals surface area contributed by atoms with Crippen LogP contribution >= 0.6 is 23.1 Å². The molecule has 4 nitrogen and oxygen atoms in total. The van der Waals surface area contributed by atoms with E-state index < -0.39 is 5.97 Å². The number of hydrogen-bond donors (Lipinski definition) is 1. The van der Waals surface area contributed by atoms with Crippen LogP contribution in [0.4, 0.5) is 0 Å². The number of hydrogen-bond acceptors (Lipinski definition) is 5. The Morgan fingerprint density at radius 2 is 2.19 bits per heavy atom. The van der Waals surface area contributed by atoms with Crippen LogP contribution in [0.2, 0.25) is 0 Å². The molecule has 2 rings (SSSR count). The Balaban J connectivity index is 1.97. The van der Waals surface area contributed by atoms with Crippen LogP contribution in [0.15, 0.2) is 34.8 Å². The lowest BCUT2D eigenvalue weighted by Gasteiger charge is -1.97. The first-order valence-corrected chi connectivity index (χ1v) is 6.33. The monoisotopic (exact) mass is 252 g/mol. The summed E-state index contributed by atoms with van der Waals surface area (Å²) < 4.78 is 0. The van der Waals surface area contributed by atoms with Gasteiger partial charge < -0.3 is 5.11 Å². The largest absolute Gasteiger partial charge is 0.476 e. The highest BCUT2D eigenvalue weighted by Gasteiger charge is 2.08. The molecule has 82 valence electrons. The molecular formula is C10H8N2O2S2. The summed E-state index contributed by atoms with van der Waals surface area (Å²) in [5.74, 6) is -0.293. The van der Waals surface area contributed by atoms with Crippen molar-refractivity contribution in [1.29, 1.82) is 0 Å². The van der Waals surface area contributed by atoms with Crippen molar-refractivity contribution in [2.75, 3.05) is 0 Å². The zero-order valence-electron chi connectivity index (χ0n) is 8.16. The van der Waals surface area contributed by atoms with Crippen LogP contribution in [0, 0.1) is 0 Å². The van der Waals surface area contributed by atoms with Crippen molar-refractivity contribution in [2.45, 2.75) is 10.6 Å². The van der Waals surface area contributed by atoms with Crippen molar-refractivity contribution >= 4 is 29.1 Å². The summed E-state index contributed by atoms with van der Waals surface area (Å²) in [5.41, 5.74) is 0.796. The predicted molar refractivity (Wildman–Crippen MR) is 62.9 cm³/mol. The van der Waals surface area contributed by atoms with E-state index in [0.717, 1.165) is 21.9 Å². The molecule has 2 heterocycles. The van der Waals surface area contributed by atoms with Crippen LogP contribution in [-0.2, 0) is 5.75 Å². The fourth-order valence-electron chi connectivity index (χ4n) is 1.06. The van der Waals surface area contributed by atoms with E-state index in [1.165, 1.54) is 0 Å². The molecule has 16 heavy (non-hydrogen) atoms. The van der Waals surface area contributed by atoms with E-state index in [0.29, 0.717) is 5.75 Å². The van der Waals surface area contributed by atoms with Gasteiger partial charge in [0, 0.05) is 28.4 Å². The molecule has 0 spiro atoms. The second-order valence-electron chi connectivity index (χ2n) is 2.92. The second-order valence-corrected chi connectivity index (χ2v) is 4.83. The molecule has 0 saturated heterocycles. The van der Waals surface area contributed by atoms with E-state index in [1.807, 2.05) is 12.1 Å². The maximum Gasteiger partial charge on any atom is 0.365 e. The maximum atomic E-state index is 10.6. The molecule has 0 unspecified atom stereocenters. The van der Waals surface area contributed by atoms with Crippen LogP contribution < -0.4 is 0 Å². The van der Waals surface area contributed by atoms with Crippen molar-refractivity contribution in [2.24, 2.45) is 0 Å². The van der Waals surface area contributed by atoms with Crippen molar-refractivity contribution in [3.8, 4) is 0 Å². The first-order valence-electron chi connectivity index (χ1n) is 4.46. The minimum absolute atomic E-state index is 0.144. The zero-order chi connectivity index (χ0) is 11.4. The second kappa shape index (κ2) is 5.09. The maximum absolute atomic E-state index is 10.6. The fourth-order valence-corrected chi connectivity index (χ4v) is 2.60. The molecule has 0 radical (unpaired) electrons. The Bertz CT molecular complexity index is 485. The summed E-state index contributed by atoms with van der Waals surface area (Å²) in [7, 11) is 0. The average Bonchev–Trinajstić information content (AvgIpc) is 2.76. The molecule has 2 aromatic heterocycles. The minimum Gasteiger partial charge on any atom is -0.476 e. The van der Waals surface area contributed by atoms with Crippen molar-refractivity contribution in [3.05, 3.63) is 40.6 Å². The number of pyridine rings is 1. The van der Waals surface area contributed by atoms with Crippen LogP contribution in [0.1, 0.15) is 15.5 Å². The molecule has 0 aliphatic rings. The predicted octanol–water partition coefficient (Wildman–Crippen LogP) is 2.53. The molecular weight excluding hydrogens is 244 g/mol. The minimum atomic E-state index is -0.967. The number of carbonyl (C=O) groups is 1.